The first kappa shape index (κ1) is 9.81. The summed E-state index contributed by atoms with van der Waals surface area (Å²) in [5, 5.41) is 0. The molecule has 1 aromatic rings. The minimum absolute atomic E-state index is 0.281. The van der Waals surface area contributed by atoms with Gasteiger partial charge in [0, 0.05) is 5.56 Å². The van der Waals surface area contributed by atoms with E-state index in [1.807, 2.05) is 0 Å². The Balaban J connectivity index is 3.10. The first-order chi connectivity index (χ1) is 6.77. The van der Waals surface area contributed by atoms with Gasteiger partial charge in [0.15, 0.2) is 0 Å². The lowest BCUT2D eigenvalue weighted by atomic mass is 10.1. The maximum Gasteiger partial charge on any atom is 0.240 e. The Bertz CT molecular complexity index is 453. The second-order valence-corrected chi connectivity index (χ2v) is 2.40. The summed E-state index contributed by atoms with van der Waals surface area (Å²) in [5.41, 5.74) is 1.34. The Hall–Kier alpha value is -2.28. The molecule has 0 unspecified atom stereocenters. The van der Waals surface area contributed by atoms with Crippen molar-refractivity contribution in [3.8, 4) is 0 Å². The normalized spacial score (nSPS) is 8.29. The molecule has 0 atom stereocenters. The molecule has 0 spiro atoms. The summed E-state index contributed by atoms with van der Waals surface area (Å²) in [4.78, 5) is 26.7. The predicted octanol–water partition coefficient (Wildman–Crippen LogP) is 1.96. The van der Waals surface area contributed by atoms with E-state index < -0.39 is 0 Å². The molecule has 0 fully saturated rings. The van der Waals surface area contributed by atoms with Gasteiger partial charge in [-0.25, -0.2) is 9.59 Å². The van der Waals surface area contributed by atoms with E-state index in [2.05, 4.69) is 16.6 Å². The van der Waals surface area contributed by atoms with Gasteiger partial charge in [-0.15, -0.1) is 0 Å². The van der Waals surface area contributed by atoms with Crippen LogP contribution < -0.4 is 0 Å². The quantitative estimate of drug-likeness (QED) is 0.535. The molecule has 0 amide bonds. The molecule has 68 valence electrons. The van der Waals surface area contributed by atoms with Crippen molar-refractivity contribution in [2.24, 2.45) is 9.98 Å². The molecule has 0 N–H and O–H groups in total. The number of carbonyl (C=O) groups excluding carboxylic acids is 2. The van der Waals surface area contributed by atoms with Crippen LogP contribution in [0, 0.1) is 0 Å². The van der Waals surface area contributed by atoms with Crippen molar-refractivity contribution in [1.29, 1.82) is 0 Å². The highest BCUT2D eigenvalue weighted by molar-refractivity contribution is 5.69. The molecule has 0 radical (unpaired) electrons. The Morgan fingerprint density at radius 2 is 2.07 bits per heavy atom. The lowest BCUT2D eigenvalue weighted by molar-refractivity contribution is 0.564. The van der Waals surface area contributed by atoms with Gasteiger partial charge in [-0.3, -0.25) is 0 Å². The van der Waals surface area contributed by atoms with Crippen molar-refractivity contribution in [3.63, 3.8) is 0 Å². The van der Waals surface area contributed by atoms with Gasteiger partial charge in [-0.2, -0.15) is 9.98 Å². The number of benzene rings is 1. The fraction of sp³-hybridized carbons (Fsp3) is 0. The van der Waals surface area contributed by atoms with Gasteiger partial charge in [0.2, 0.25) is 12.2 Å². The van der Waals surface area contributed by atoms with E-state index in [0.29, 0.717) is 11.3 Å². The summed E-state index contributed by atoms with van der Waals surface area (Å²) >= 11 is 0. The number of nitrogens with zero attached hydrogens (tertiary/aromatic N) is 2. The molecule has 0 aliphatic carbocycles. The third-order valence-corrected chi connectivity index (χ3v) is 1.53. The van der Waals surface area contributed by atoms with Crippen molar-refractivity contribution in [2.45, 2.75) is 0 Å². The highest BCUT2D eigenvalue weighted by atomic mass is 16.1. The molecule has 1 rings (SSSR count). The highest BCUT2D eigenvalue weighted by Gasteiger charge is 1.97. The fourth-order valence-electron chi connectivity index (χ4n) is 0.927. The Morgan fingerprint density at radius 1 is 1.29 bits per heavy atom. The first-order valence-corrected chi connectivity index (χ1v) is 3.73. The van der Waals surface area contributed by atoms with Crippen LogP contribution in [0.3, 0.4) is 0 Å². The summed E-state index contributed by atoms with van der Waals surface area (Å²) < 4.78 is 0. The van der Waals surface area contributed by atoms with Gasteiger partial charge in [-0.1, -0.05) is 18.7 Å². The molecule has 0 aliphatic rings. The number of hydrogen-bond donors (Lipinski definition) is 0. The maximum atomic E-state index is 9.98. The van der Waals surface area contributed by atoms with Gasteiger partial charge in [0.05, 0.1) is 11.4 Å². The zero-order valence-electron chi connectivity index (χ0n) is 7.23. The summed E-state index contributed by atoms with van der Waals surface area (Å²) in [6.07, 6.45) is 2.80. The van der Waals surface area contributed by atoms with Gasteiger partial charge in [0.25, 0.3) is 0 Å². The van der Waals surface area contributed by atoms with Gasteiger partial charge < -0.3 is 0 Å². The second-order valence-electron chi connectivity index (χ2n) is 2.40. The van der Waals surface area contributed by atoms with Crippen molar-refractivity contribution >= 4 is 23.5 Å². The van der Waals surface area contributed by atoms with E-state index in [1.165, 1.54) is 12.2 Å². The molecule has 14 heavy (non-hydrogen) atoms. The van der Waals surface area contributed by atoms with Crippen molar-refractivity contribution in [3.05, 3.63) is 36.4 Å². The predicted molar refractivity (Wildman–Crippen MR) is 51.4 cm³/mol. The SMILES string of the molecule is C=C(N=C=O)c1cccc(N=C=O)c1. The zero-order chi connectivity index (χ0) is 10.4. The highest BCUT2D eigenvalue weighted by Crippen LogP contribution is 2.19. The Morgan fingerprint density at radius 3 is 2.71 bits per heavy atom. The van der Waals surface area contributed by atoms with Crippen LogP contribution in [0.15, 0.2) is 40.8 Å². The largest absolute Gasteiger partial charge is 0.240 e. The topological polar surface area (TPSA) is 58.9 Å². The number of rotatable bonds is 3. The molecule has 4 nitrogen and oxygen atoms in total. The van der Waals surface area contributed by atoms with E-state index in [4.69, 9.17) is 0 Å². The maximum absolute atomic E-state index is 9.98. The van der Waals surface area contributed by atoms with Gasteiger partial charge >= 0.3 is 0 Å². The average Bonchev–Trinajstić information content (AvgIpc) is 2.19. The van der Waals surface area contributed by atoms with Crippen LogP contribution in [0.25, 0.3) is 5.70 Å². The summed E-state index contributed by atoms with van der Waals surface area (Å²) in [6, 6.07) is 6.59. The van der Waals surface area contributed by atoms with E-state index >= 15 is 0 Å². The van der Waals surface area contributed by atoms with Crippen LogP contribution >= 0.6 is 0 Å². The van der Waals surface area contributed by atoms with Gasteiger partial charge in [0.1, 0.15) is 0 Å². The summed E-state index contributed by atoms with van der Waals surface area (Å²) in [5.74, 6) is 0. The van der Waals surface area contributed by atoms with Crippen LogP contribution in [0.4, 0.5) is 5.69 Å². The van der Waals surface area contributed by atoms with Gasteiger partial charge in [-0.05, 0) is 12.1 Å². The first-order valence-electron chi connectivity index (χ1n) is 3.73. The lowest BCUT2D eigenvalue weighted by Gasteiger charge is -1.97. The number of hydrogen-bond acceptors (Lipinski definition) is 4. The summed E-state index contributed by atoms with van der Waals surface area (Å²) in [7, 11) is 0. The van der Waals surface area contributed by atoms with Crippen molar-refractivity contribution in [2.75, 3.05) is 0 Å². The van der Waals surface area contributed by atoms with E-state index in [-0.39, 0.29) is 5.70 Å². The fourth-order valence-corrected chi connectivity index (χ4v) is 0.927. The second kappa shape index (κ2) is 4.67. The summed E-state index contributed by atoms with van der Waals surface area (Å²) in [6.45, 7) is 3.55. The smallest absolute Gasteiger partial charge is 0.211 e. The van der Waals surface area contributed by atoms with Crippen molar-refractivity contribution in [1.82, 2.24) is 0 Å². The minimum atomic E-state index is 0.281. The van der Waals surface area contributed by atoms with Crippen LogP contribution in [0.2, 0.25) is 0 Å². The molecule has 0 saturated heterocycles. The number of isocyanates is 2. The molecule has 0 aromatic heterocycles. The molecule has 0 bridgehead atoms. The molecule has 1 aromatic carbocycles. The standard InChI is InChI=1S/C10H6N2O2/c1-8(11-6-13)9-3-2-4-10(5-9)12-7-14/h2-5H,1H2. The molecular formula is C10H6N2O2. The van der Waals surface area contributed by atoms with E-state index in [9.17, 15) is 9.59 Å². The lowest BCUT2D eigenvalue weighted by Crippen LogP contribution is -1.77. The Labute approximate surface area is 80.3 Å². The monoisotopic (exact) mass is 186 g/mol. The Kier molecular flexibility index (Phi) is 3.27. The molecular weight excluding hydrogens is 180 g/mol. The number of aliphatic imine (C=N–C) groups is 2. The van der Waals surface area contributed by atoms with Crippen LogP contribution in [0.1, 0.15) is 5.56 Å². The average molecular weight is 186 g/mol. The van der Waals surface area contributed by atoms with E-state index in [1.54, 1.807) is 24.3 Å². The van der Waals surface area contributed by atoms with Crippen LogP contribution in [-0.4, -0.2) is 12.2 Å². The molecule has 0 heterocycles. The minimum Gasteiger partial charge on any atom is -0.211 e. The zero-order valence-corrected chi connectivity index (χ0v) is 7.23. The third-order valence-electron chi connectivity index (χ3n) is 1.53. The van der Waals surface area contributed by atoms with Crippen LogP contribution in [-0.2, 0) is 9.59 Å². The van der Waals surface area contributed by atoms with Crippen molar-refractivity contribution < 1.29 is 9.59 Å². The van der Waals surface area contributed by atoms with Crippen LogP contribution in [0.5, 0.6) is 0 Å². The molecule has 0 aliphatic heterocycles. The van der Waals surface area contributed by atoms with E-state index in [0.717, 1.165) is 0 Å². The molecule has 0 saturated carbocycles. The third kappa shape index (κ3) is 2.35. The molecule has 4 heteroatoms.